The molecule has 118 valence electrons. The maximum absolute atomic E-state index is 12.9. The lowest BCUT2D eigenvalue weighted by Crippen LogP contribution is -2.28. The molecule has 3 aromatic rings. The highest BCUT2D eigenvalue weighted by Crippen LogP contribution is 2.31. The molecule has 3 heterocycles. The Bertz CT molecular complexity index is 889. The van der Waals surface area contributed by atoms with Gasteiger partial charge in [-0.3, -0.25) is 14.4 Å². The van der Waals surface area contributed by atoms with Crippen LogP contribution in [-0.2, 0) is 0 Å². The molecule has 3 rings (SSSR count). The van der Waals surface area contributed by atoms with Gasteiger partial charge in [0.1, 0.15) is 15.4 Å². The van der Waals surface area contributed by atoms with Crippen molar-refractivity contribution in [1.29, 1.82) is 0 Å². The Labute approximate surface area is 142 Å². The topological polar surface area (TPSA) is 47.2 Å². The SMILES string of the molecule is Cc1nc(-c2cccs2)sc1C(=O)n1ccccc1=NC(C)C. The van der Waals surface area contributed by atoms with Crippen LogP contribution >= 0.6 is 22.7 Å². The van der Waals surface area contributed by atoms with Gasteiger partial charge in [0.05, 0.1) is 10.6 Å². The molecule has 3 aromatic heterocycles. The van der Waals surface area contributed by atoms with Crippen LogP contribution in [0.2, 0.25) is 0 Å². The van der Waals surface area contributed by atoms with Crippen LogP contribution in [0.1, 0.15) is 29.2 Å². The number of aromatic nitrogens is 2. The largest absolute Gasteiger partial charge is 0.275 e. The fourth-order valence-corrected chi connectivity index (χ4v) is 3.99. The van der Waals surface area contributed by atoms with Gasteiger partial charge in [0.25, 0.3) is 5.91 Å². The third-order valence-electron chi connectivity index (χ3n) is 3.17. The zero-order valence-corrected chi connectivity index (χ0v) is 14.8. The average molecular weight is 343 g/mol. The summed E-state index contributed by atoms with van der Waals surface area (Å²) >= 11 is 3.06. The van der Waals surface area contributed by atoms with Crippen molar-refractivity contribution >= 4 is 28.6 Å². The summed E-state index contributed by atoms with van der Waals surface area (Å²) in [6, 6.07) is 9.72. The van der Waals surface area contributed by atoms with E-state index in [-0.39, 0.29) is 11.9 Å². The van der Waals surface area contributed by atoms with Gasteiger partial charge in [-0.05, 0) is 44.4 Å². The fourth-order valence-electron chi connectivity index (χ4n) is 2.19. The molecule has 23 heavy (non-hydrogen) atoms. The first kappa shape index (κ1) is 15.8. The van der Waals surface area contributed by atoms with Gasteiger partial charge in [-0.25, -0.2) is 4.98 Å². The van der Waals surface area contributed by atoms with Crippen LogP contribution in [0.4, 0.5) is 0 Å². The standard InChI is InChI=1S/C17H17N3OS2/c1-11(2)18-14-8-4-5-9-20(14)17(21)15-12(3)19-16(23-15)13-7-6-10-22-13/h4-11H,1-3H3. The molecule has 0 N–H and O–H groups in total. The molecule has 0 saturated carbocycles. The summed E-state index contributed by atoms with van der Waals surface area (Å²) in [5, 5.41) is 2.90. The third-order valence-corrected chi connectivity index (χ3v) is 5.35. The van der Waals surface area contributed by atoms with Crippen molar-refractivity contribution in [3.63, 3.8) is 0 Å². The van der Waals surface area contributed by atoms with E-state index in [1.807, 2.05) is 56.5 Å². The summed E-state index contributed by atoms with van der Waals surface area (Å²) in [6.07, 6.45) is 1.76. The van der Waals surface area contributed by atoms with E-state index in [0.717, 1.165) is 15.6 Å². The van der Waals surface area contributed by atoms with E-state index < -0.39 is 0 Å². The molecule has 0 aromatic carbocycles. The molecule has 0 amide bonds. The van der Waals surface area contributed by atoms with E-state index >= 15 is 0 Å². The number of hydrogen-bond donors (Lipinski definition) is 0. The number of nitrogens with zero attached hydrogens (tertiary/aromatic N) is 3. The molecule has 6 heteroatoms. The smallest absolute Gasteiger partial charge is 0.267 e. The number of rotatable bonds is 3. The van der Waals surface area contributed by atoms with Crippen LogP contribution in [0.15, 0.2) is 46.9 Å². The molecular formula is C17H17N3OS2. The molecule has 0 bridgehead atoms. The summed E-state index contributed by atoms with van der Waals surface area (Å²) in [6.45, 7) is 5.87. The second kappa shape index (κ2) is 6.60. The van der Waals surface area contributed by atoms with Gasteiger partial charge in [0, 0.05) is 12.2 Å². The van der Waals surface area contributed by atoms with Crippen molar-refractivity contribution in [2.75, 3.05) is 0 Å². The van der Waals surface area contributed by atoms with Crippen molar-refractivity contribution in [2.24, 2.45) is 4.99 Å². The predicted molar refractivity (Wildman–Crippen MR) is 95.0 cm³/mol. The van der Waals surface area contributed by atoms with Crippen LogP contribution in [0.25, 0.3) is 9.88 Å². The number of carbonyl (C=O) groups excluding carboxylic acids is 1. The summed E-state index contributed by atoms with van der Waals surface area (Å²) < 4.78 is 1.60. The number of hydrogen-bond acceptors (Lipinski definition) is 5. The van der Waals surface area contributed by atoms with Crippen molar-refractivity contribution < 1.29 is 4.79 Å². The lowest BCUT2D eigenvalue weighted by atomic mass is 10.3. The van der Waals surface area contributed by atoms with Gasteiger partial charge >= 0.3 is 0 Å². The van der Waals surface area contributed by atoms with E-state index in [2.05, 4.69) is 9.98 Å². The van der Waals surface area contributed by atoms with E-state index in [4.69, 9.17) is 0 Å². The van der Waals surface area contributed by atoms with Crippen molar-refractivity contribution in [2.45, 2.75) is 26.8 Å². The van der Waals surface area contributed by atoms with Gasteiger partial charge in [0.2, 0.25) is 0 Å². The first-order valence-corrected chi connectivity index (χ1v) is 9.03. The lowest BCUT2D eigenvalue weighted by Gasteiger charge is -2.06. The highest BCUT2D eigenvalue weighted by Gasteiger charge is 2.18. The Morgan fingerprint density at radius 1 is 1.26 bits per heavy atom. The number of thiophene rings is 1. The Hall–Kier alpha value is -2.05. The summed E-state index contributed by atoms with van der Waals surface area (Å²) in [7, 11) is 0. The maximum atomic E-state index is 12.9. The molecule has 0 aliphatic rings. The normalized spacial score (nSPS) is 12.1. The zero-order chi connectivity index (χ0) is 16.4. The number of carbonyl (C=O) groups is 1. The first-order valence-electron chi connectivity index (χ1n) is 7.34. The molecule has 0 radical (unpaired) electrons. The highest BCUT2D eigenvalue weighted by molar-refractivity contribution is 7.22. The van der Waals surface area contributed by atoms with Crippen LogP contribution in [0, 0.1) is 6.92 Å². The van der Waals surface area contributed by atoms with Gasteiger partial charge in [-0.1, -0.05) is 12.1 Å². The Morgan fingerprint density at radius 2 is 2.09 bits per heavy atom. The van der Waals surface area contributed by atoms with Crippen LogP contribution in [-0.4, -0.2) is 21.5 Å². The molecule has 4 nitrogen and oxygen atoms in total. The van der Waals surface area contributed by atoms with Gasteiger partial charge in [0.15, 0.2) is 0 Å². The number of thiazole rings is 1. The quantitative estimate of drug-likeness (QED) is 0.722. The van der Waals surface area contributed by atoms with Crippen molar-refractivity contribution in [1.82, 2.24) is 9.55 Å². The fraction of sp³-hybridized carbons (Fsp3) is 0.235. The average Bonchev–Trinajstić information content (AvgIpc) is 3.15. The third kappa shape index (κ3) is 3.33. The minimum absolute atomic E-state index is 0.0807. The minimum Gasteiger partial charge on any atom is -0.267 e. The second-order valence-electron chi connectivity index (χ2n) is 5.37. The van der Waals surface area contributed by atoms with Crippen LogP contribution < -0.4 is 5.49 Å². The molecule has 0 spiro atoms. The monoisotopic (exact) mass is 343 g/mol. The molecule has 0 fully saturated rings. The zero-order valence-electron chi connectivity index (χ0n) is 13.2. The highest BCUT2D eigenvalue weighted by atomic mass is 32.1. The summed E-state index contributed by atoms with van der Waals surface area (Å²) in [5.41, 5.74) is 1.42. The Morgan fingerprint density at radius 3 is 2.78 bits per heavy atom. The molecular weight excluding hydrogens is 326 g/mol. The summed E-state index contributed by atoms with van der Waals surface area (Å²) in [4.78, 5) is 23.7. The van der Waals surface area contributed by atoms with E-state index in [1.54, 1.807) is 22.1 Å². The molecule has 0 atom stereocenters. The van der Waals surface area contributed by atoms with Crippen LogP contribution in [0.3, 0.4) is 0 Å². The molecule has 0 unspecified atom stereocenters. The molecule has 0 aliphatic heterocycles. The van der Waals surface area contributed by atoms with E-state index in [9.17, 15) is 4.79 Å². The maximum Gasteiger partial charge on any atom is 0.275 e. The van der Waals surface area contributed by atoms with Gasteiger partial charge in [-0.15, -0.1) is 22.7 Å². The minimum atomic E-state index is -0.0807. The van der Waals surface area contributed by atoms with Gasteiger partial charge in [-0.2, -0.15) is 0 Å². The number of pyridine rings is 1. The van der Waals surface area contributed by atoms with E-state index in [1.165, 1.54) is 11.3 Å². The van der Waals surface area contributed by atoms with Crippen molar-refractivity contribution in [3.8, 4) is 9.88 Å². The van der Waals surface area contributed by atoms with Crippen LogP contribution in [0.5, 0.6) is 0 Å². The first-order chi connectivity index (χ1) is 11.1. The number of aryl methyl sites for hydroxylation is 1. The predicted octanol–water partition coefficient (Wildman–Crippen LogP) is 3.98. The molecule has 0 saturated heterocycles. The van der Waals surface area contributed by atoms with Crippen molar-refractivity contribution in [3.05, 3.63) is 58.0 Å². The second-order valence-corrected chi connectivity index (χ2v) is 7.31. The Balaban J connectivity index is 2.06. The lowest BCUT2D eigenvalue weighted by molar-refractivity contribution is 0.0958. The summed E-state index contributed by atoms with van der Waals surface area (Å²) in [5.74, 6) is -0.0807. The van der Waals surface area contributed by atoms with E-state index in [0.29, 0.717) is 10.4 Å². The Kier molecular flexibility index (Phi) is 4.54. The van der Waals surface area contributed by atoms with Gasteiger partial charge < -0.3 is 0 Å². The molecule has 0 aliphatic carbocycles.